The van der Waals surface area contributed by atoms with E-state index in [2.05, 4.69) is 5.43 Å². The molecule has 0 spiro atoms. The second-order valence-corrected chi connectivity index (χ2v) is 3.93. The first-order valence-corrected chi connectivity index (χ1v) is 5.62. The molecule has 0 fully saturated rings. The van der Waals surface area contributed by atoms with Crippen molar-refractivity contribution in [3.8, 4) is 11.5 Å². The molecule has 0 aromatic heterocycles. The van der Waals surface area contributed by atoms with Crippen LogP contribution in [0.4, 0.5) is 5.69 Å². The number of nitrogens with one attached hydrogen (secondary N) is 2. The lowest BCUT2D eigenvalue weighted by atomic mass is 10.3. The van der Waals surface area contributed by atoms with Crippen molar-refractivity contribution >= 4 is 16.0 Å². The van der Waals surface area contributed by atoms with Crippen molar-refractivity contribution in [2.45, 2.75) is 0 Å². The highest BCUT2D eigenvalue weighted by Gasteiger charge is 2.06. The van der Waals surface area contributed by atoms with Crippen molar-refractivity contribution in [3.05, 3.63) is 18.2 Å². The van der Waals surface area contributed by atoms with Gasteiger partial charge in [0.05, 0.1) is 19.9 Å². The molecule has 0 saturated carbocycles. The summed E-state index contributed by atoms with van der Waals surface area (Å²) in [4.78, 5) is 1.71. The first-order valence-electron chi connectivity index (χ1n) is 4.18. The molecule has 0 aliphatic rings. The van der Waals surface area contributed by atoms with E-state index in [1.807, 2.05) is 0 Å². The van der Waals surface area contributed by atoms with Gasteiger partial charge in [0.15, 0.2) is 11.5 Å². The van der Waals surface area contributed by atoms with E-state index in [1.165, 1.54) is 20.3 Å². The Morgan fingerprint density at radius 3 is 2.31 bits per heavy atom. The normalized spacial score (nSPS) is 10.9. The molecule has 0 radical (unpaired) electrons. The average molecular weight is 248 g/mol. The number of rotatable bonds is 5. The molecule has 1 aromatic rings. The molecule has 1 rings (SSSR count). The SMILES string of the molecule is COc1ccc(NNS(=O)(=O)O)cc1OC. The van der Waals surface area contributed by atoms with Crippen LogP contribution in [-0.2, 0) is 10.3 Å². The highest BCUT2D eigenvalue weighted by molar-refractivity contribution is 7.83. The Kier molecular flexibility index (Phi) is 3.93. The summed E-state index contributed by atoms with van der Waals surface area (Å²) in [5.74, 6) is 0.949. The fourth-order valence-electron chi connectivity index (χ4n) is 1.04. The molecule has 0 bridgehead atoms. The maximum atomic E-state index is 10.4. The van der Waals surface area contributed by atoms with Crippen LogP contribution in [-0.4, -0.2) is 27.2 Å². The third-order valence-corrected chi connectivity index (χ3v) is 2.07. The molecule has 0 amide bonds. The number of methoxy groups -OCH3 is 2. The number of benzene rings is 1. The summed E-state index contributed by atoms with van der Waals surface area (Å²) in [6, 6.07) is 4.66. The van der Waals surface area contributed by atoms with Gasteiger partial charge in [-0.3, -0.25) is 4.55 Å². The molecule has 0 aliphatic carbocycles. The van der Waals surface area contributed by atoms with Crippen LogP contribution >= 0.6 is 0 Å². The number of hydrazine groups is 1. The van der Waals surface area contributed by atoms with Gasteiger partial charge in [0.25, 0.3) is 0 Å². The molecule has 7 nitrogen and oxygen atoms in total. The zero-order valence-electron chi connectivity index (χ0n) is 8.72. The summed E-state index contributed by atoms with van der Waals surface area (Å²) in [6.07, 6.45) is 0. The Balaban J connectivity index is 2.83. The second kappa shape index (κ2) is 5.01. The van der Waals surface area contributed by atoms with Crippen molar-refractivity contribution in [1.29, 1.82) is 0 Å². The Bertz CT molecular complexity index is 459. The number of hydrogen-bond donors (Lipinski definition) is 3. The molecule has 16 heavy (non-hydrogen) atoms. The molecule has 3 N–H and O–H groups in total. The van der Waals surface area contributed by atoms with Gasteiger partial charge in [0, 0.05) is 6.07 Å². The highest BCUT2D eigenvalue weighted by Crippen LogP contribution is 2.29. The lowest BCUT2D eigenvalue weighted by Crippen LogP contribution is -2.28. The average Bonchev–Trinajstić information content (AvgIpc) is 2.25. The first kappa shape index (κ1) is 12.6. The van der Waals surface area contributed by atoms with Gasteiger partial charge in [-0.05, 0) is 12.1 Å². The maximum Gasteiger partial charge on any atom is 0.350 e. The minimum Gasteiger partial charge on any atom is -0.493 e. The lowest BCUT2D eigenvalue weighted by Gasteiger charge is -2.10. The fourth-order valence-corrected chi connectivity index (χ4v) is 1.28. The quantitative estimate of drug-likeness (QED) is 0.516. The van der Waals surface area contributed by atoms with E-state index in [-0.39, 0.29) is 0 Å². The molecular formula is C8H12N2O5S. The van der Waals surface area contributed by atoms with Gasteiger partial charge in [0.2, 0.25) is 0 Å². The summed E-state index contributed by atoms with van der Waals surface area (Å²) in [7, 11) is -1.35. The Hall–Kier alpha value is -1.51. The Morgan fingerprint density at radius 2 is 1.81 bits per heavy atom. The molecule has 8 heteroatoms. The van der Waals surface area contributed by atoms with E-state index in [0.717, 1.165) is 0 Å². The van der Waals surface area contributed by atoms with E-state index in [4.69, 9.17) is 14.0 Å². The van der Waals surface area contributed by atoms with Gasteiger partial charge in [-0.1, -0.05) is 0 Å². The van der Waals surface area contributed by atoms with Gasteiger partial charge < -0.3 is 14.9 Å². The number of hydrogen-bond acceptors (Lipinski definition) is 5. The van der Waals surface area contributed by atoms with Crippen molar-refractivity contribution in [2.24, 2.45) is 0 Å². The van der Waals surface area contributed by atoms with Crippen LogP contribution in [0.5, 0.6) is 11.5 Å². The van der Waals surface area contributed by atoms with E-state index in [0.29, 0.717) is 17.2 Å². The summed E-state index contributed by atoms with van der Waals surface area (Å²) >= 11 is 0. The van der Waals surface area contributed by atoms with Crippen LogP contribution in [0.25, 0.3) is 0 Å². The van der Waals surface area contributed by atoms with Crippen molar-refractivity contribution in [1.82, 2.24) is 4.83 Å². The predicted molar refractivity (Wildman–Crippen MR) is 57.9 cm³/mol. The van der Waals surface area contributed by atoms with Gasteiger partial charge >= 0.3 is 10.3 Å². The van der Waals surface area contributed by atoms with Crippen LogP contribution in [0.15, 0.2) is 18.2 Å². The van der Waals surface area contributed by atoms with Gasteiger partial charge in [-0.2, -0.15) is 8.42 Å². The minimum absolute atomic E-state index is 0.398. The van der Waals surface area contributed by atoms with Crippen LogP contribution < -0.4 is 19.7 Å². The van der Waals surface area contributed by atoms with Gasteiger partial charge in [0.1, 0.15) is 0 Å². The summed E-state index contributed by atoms with van der Waals surface area (Å²) < 4.78 is 39.3. The van der Waals surface area contributed by atoms with E-state index in [9.17, 15) is 8.42 Å². The topological polar surface area (TPSA) is 96.9 Å². The molecule has 0 atom stereocenters. The highest BCUT2D eigenvalue weighted by atomic mass is 32.2. The van der Waals surface area contributed by atoms with Gasteiger partial charge in [-0.25, -0.2) is 0 Å². The zero-order valence-corrected chi connectivity index (χ0v) is 9.54. The van der Waals surface area contributed by atoms with Crippen LogP contribution in [0, 0.1) is 0 Å². The third kappa shape index (κ3) is 3.57. The van der Waals surface area contributed by atoms with Crippen molar-refractivity contribution in [2.75, 3.05) is 19.6 Å². The summed E-state index contributed by atoms with van der Waals surface area (Å²) in [5.41, 5.74) is 2.69. The third-order valence-electron chi connectivity index (χ3n) is 1.71. The molecule has 1 aromatic carbocycles. The Morgan fingerprint density at radius 1 is 1.19 bits per heavy atom. The van der Waals surface area contributed by atoms with Crippen molar-refractivity contribution in [3.63, 3.8) is 0 Å². The summed E-state index contributed by atoms with van der Waals surface area (Å²) in [6.45, 7) is 0. The smallest absolute Gasteiger partial charge is 0.350 e. The molecule has 90 valence electrons. The van der Waals surface area contributed by atoms with E-state index < -0.39 is 10.3 Å². The van der Waals surface area contributed by atoms with E-state index >= 15 is 0 Å². The first-order chi connectivity index (χ1) is 7.46. The summed E-state index contributed by atoms with van der Waals surface area (Å²) in [5, 5.41) is 0. The molecule has 0 heterocycles. The van der Waals surface area contributed by atoms with Crippen molar-refractivity contribution < 1.29 is 22.4 Å². The molecule has 0 saturated heterocycles. The monoisotopic (exact) mass is 248 g/mol. The largest absolute Gasteiger partial charge is 0.493 e. The number of anilines is 1. The number of ether oxygens (including phenoxy) is 2. The standard InChI is InChI=1S/C8H12N2O5S/c1-14-7-4-3-6(5-8(7)15-2)9-10-16(11,12)13/h3-5,9-10H,1-2H3,(H,11,12,13). The van der Waals surface area contributed by atoms with Crippen LogP contribution in [0.1, 0.15) is 0 Å². The Labute approximate surface area is 93.2 Å². The van der Waals surface area contributed by atoms with Crippen LogP contribution in [0.2, 0.25) is 0 Å². The lowest BCUT2D eigenvalue weighted by molar-refractivity contribution is 0.355. The zero-order chi connectivity index (χ0) is 12.2. The van der Waals surface area contributed by atoms with Crippen LogP contribution in [0.3, 0.4) is 0 Å². The second-order valence-electron chi connectivity index (χ2n) is 2.77. The van der Waals surface area contributed by atoms with Gasteiger partial charge in [-0.15, -0.1) is 4.83 Å². The fraction of sp³-hybridized carbons (Fsp3) is 0.250. The predicted octanol–water partition coefficient (Wildman–Crippen LogP) is 0.423. The minimum atomic E-state index is -4.29. The molecule has 0 unspecified atom stereocenters. The van der Waals surface area contributed by atoms with E-state index in [1.54, 1.807) is 17.0 Å². The molecule has 0 aliphatic heterocycles. The molecular weight excluding hydrogens is 236 g/mol. The maximum absolute atomic E-state index is 10.4.